The first kappa shape index (κ1) is 18.4. The molecule has 2 aromatic carbocycles. The minimum Gasteiger partial charge on any atom is -0.478 e. The van der Waals surface area contributed by atoms with Crippen molar-refractivity contribution in [3.63, 3.8) is 0 Å². The van der Waals surface area contributed by atoms with Gasteiger partial charge in [0.15, 0.2) is 0 Å². The van der Waals surface area contributed by atoms with Gasteiger partial charge in [0.05, 0.1) is 18.2 Å². The summed E-state index contributed by atoms with van der Waals surface area (Å²) < 4.78 is 4.59. The molecule has 4 heteroatoms. The number of esters is 1. The summed E-state index contributed by atoms with van der Waals surface area (Å²) in [6.07, 6.45) is 0. The molecule has 0 unspecified atom stereocenters. The second-order valence-electron chi connectivity index (χ2n) is 5.39. The standard InChI is InChI=1S/C10H12O2.C9H10O2/c1-7-4-5-9(6-8(7)2)10(11)12-3;1-6-3-4-8(9(10)11)5-7(6)2/h4-6H,1-3H3;3-5H,1-2H3,(H,10,11). The minimum atomic E-state index is -0.867. The Hall–Kier alpha value is -2.62. The molecule has 0 aromatic heterocycles. The smallest absolute Gasteiger partial charge is 0.337 e. The van der Waals surface area contributed by atoms with E-state index in [4.69, 9.17) is 5.11 Å². The average Bonchev–Trinajstić information content (AvgIpc) is 2.52. The van der Waals surface area contributed by atoms with Crippen LogP contribution in [0.2, 0.25) is 0 Å². The Balaban J connectivity index is 0.000000231. The summed E-state index contributed by atoms with van der Waals surface area (Å²) in [5, 5.41) is 8.60. The molecule has 0 aliphatic rings. The van der Waals surface area contributed by atoms with Crippen LogP contribution in [0.15, 0.2) is 36.4 Å². The van der Waals surface area contributed by atoms with Crippen LogP contribution in [0.25, 0.3) is 0 Å². The van der Waals surface area contributed by atoms with Gasteiger partial charge in [-0.15, -0.1) is 0 Å². The minimum absolute atomic E-state index is 0.280. The summed E-state index contributed by atoms with van der Waals surface area (Å²) >= 11 is 0. The van der Waals surface area contributed by atoms with Gasteiger partial charge in [-0.2, -0.15) is 0 Å². The summed E-state index contributed by atoms with van der Waals surface area (Å²) in [6, 6.07) is 10.6. The number of carbonyl (C=O) groups is 2. The number of hydrogen-bond donors (Lipinski definition) is 1. The highest BCUT2D eigenvalue weighted by Crippen LogP contribution is 2.10. The Morgan fingerprint density at radius 2 is 1.22 bits per heavy atom. The molecule has 0 atom stereocenters. The topological polar surface area (TPSA) is 63.6 Å². The summed E-state index contributed by atoms with van der Waals surface area (Å²) in [6.45, 7) is 7.85. The van der Waals surface area contributed by atoms with E-state index in [2.05, 4.69) is 4.74 Å². The predicted octanol–water partition coefficient (Wildman–Crippen LogP) is 4.09. The van der Waals surface area contributed by atoms with E-state index in [1.54, 1.807) is 18.2 Å². The van der Waals surface area contributed by atoms with Crippen LogP contribution in [0.3, 0.4) is 0 Å². The number of methoxy groups -OCH3 is 1. The molecule has 0 fully saturated rings. The highest BCUT2D eigenvalue weighted by molar-refractivity contribution is 5.89. The van der Waals surface area contributed by atoms with Crippen LogP contribution in [-0.4, -0.2) is 24.2 Å². The zero-order valence-corrected chi connectivity index (χ0v) is 14.1. The lowest BCUT2D eigenvalue weighted by molar-refractivity contribution is 0.0599. The lowest BCUT2D eigenvalue weighted by Gasteiger charge is -2.02. The molecule has 0 radical (unpaired) electrons. The fourth-order valence-corrected chi connectivity index (χ4v) is 1.86. The number of benzene rings is 2. The quantitative estimate of drug-likeness (QED) is 0.848. The molecule has 0 bridgehead atoms. The zero-order valence-electron chi connectivity index (χ0n) is 14.1. The lowest BCUT2D eigenvalue weighted by atomic mass is 10.1. The molecule has 0 spiro atoms. The first-order valence-corrected chi connectivity index (χ1v) is 7.22. The van der Waals surface area contributed by atoms with Gasteiger partial charge in [-0.05, 0) is 74.2 Å². The monoisotopic (exact) mass is 314 g/mol. The van der Waals surface area contributed by atoms with Crippen LogP contribution in [0, 0.1) is 27.7 Å². The molecule has 0 aliphatic carbocycles. The zero-order chi connectivity index (χ0) is 17.6. The molecule has 0 heterocycles. The van der Waals surface area contributed by atoms with Crippen LogP contribution >= 0.6 is 0 Å². The van der Waals surface area contributed by atoms with Crippen LogP contribution in [0.4, 0.5) is 0 Å². The molecular weight excluding hydrogens is 292 g/mol. The van der Waals surface area contributed by atoms with Crippen molar-refractivity contribution in [1.29, 1.82) is 0 Å². The number of carboxylic acids is 1. The number of carbonyl (C=O) groups excluding carboxylic acids is 1. The molecule has 23 heavy (non-hydrogen) atoms. The molecule has 2 rings (SSSR count). The Labute approximate surface area is 136 Å². The number of rotatable bonds is 2. The number of aryl methyl sites for hydroxylation is 4. The summed E-state index contributed by atoms with van der Waals surface area (Å²) in [4.78, 5) is 21.5. The third kappa shape index (κ3) is 5.25. The lowest BCUT2D eigenvalue weighted by Crippen LogP contribution is -2.01. The van der Waals surface area contributed by atoms with Crippen molar-refractivity contribution >= 4 is 11.9 Å². The van der Waals surface area contributed by atoms with Crippen molar-refractivity contribution in [3.05, 3.63) is 69.8 Å². The summed E-state index contributed by atoms with van der Waals surface area (Å²) in [5.41, 5.74) is 5.40. The van der Waals surface area contributed by atoms with Crippen molar-refractivity contribution in [3.8, 4) is 0 Å². The number of aromatic carboxylic acids is 1. The molecule has 4 nitrogen and oxygen atoms in total. The van der Waals surface area contributed by atoms with Gasteiger partial charge < -0.3 is 9.84 Å². The first-order valence-electron chi connectivity index (χ1n) is 7.22. The molecule has 0 saturated heterocycles. The molecule has 122 valence electrons. The van der Waals surface area contributed by atoms with E-state index in [1.165, 1.54) is 12.7 Å². The average molecular weight is 314 g/mol. The Bertz CT molecular complexity index is 717. The van der Waals surface area contributed by atoms with Gasteiger partial charge >= 0.3 is 11.9 Å². The van der Waals surface area contributed by atoms with Crippen LogP contribution in [0.1, 0.15) is 43.0 Å². The highest BCUT2D eigenvalue weighted by atomic mass is 16.5. The molecule has 0 amide bonds. The van der Waals surface area contributed by atoms with Crippen LogP contribution in [0.5, 0.6) is 0 Å². The van der Waals surface area contributed by atoms with Crippen molar-refractivity contribution < 1.29 is 19.4 Å². The third-order valence-electron chi connectivity index (χ3n) is 3.68. The van der Waals surface area contributed by atoms with Crippen LogP contribution < -0.4 is 0 Å². The molecule has 2 aromatic rings. The van der Waals surface area contributed by atoms with Gasteiger partial charge in [0.2, 0.25) is 0 Å². The predicted molar refractivity (Wildman–Crippen MR) is 90.1 cm³/mol. The van der Waals surface area contributed by atoms with Crippen LogP contribution in [-0.2, 0) is 4.74 Å². The van der Waals surface area contributed by atoms with Gasteiger partial charge in [-0.1, -0.05) is 12.1 Å². The van der Waals surface area contributed by atoms with E-state index in [-0.39, 0.29) is 5.97 Å². The maximum absolute atomic E-state index is 11.1. The van der Waals surface area contributed by atoms with Crippen molar-refractivity contribution in [2.24, 2.45) is 0 Å². The van der Waals surface area contributed by atoms with E-state index in [0.29, 0.717) is 11.1 Å². The number of ether oxygens (including phenoxy) is 1. The Kier molecular flexibility index (Phi) is 6.51. The van der Waals surface area contributed by atoms with Gasteiger partial charge in [-0.25, -0.2) is 9.59 Å². The second-order valence-corrected chi connectivity index (χ2v) is 5.39. The SMILES string of the molecule is COC(=O)c1ccc(C)c(C)c1.Cc1ccc(C(=O)O)cc1C. The maximum Gasteiger partial charge on any atom is 0.337 e. The third-order valence-corrected chi connectivity index (χ3v) is 3.68. The van der Waals surface area contributed by atoms with Gasteiger partial charge in [0, 0.05) is 0 Å². The summed E-state index contributed by atoms with van der Waals surface area (Å²) in [5.74, 6) is -1.15. The van der Waals surface area contributed by atoms with Gasteiger partial charge in [-0.3, -0.25) is 0 Å². The van der Waals surface area contributed by atoms with E-state index in [0.717, 1.165) is 16.7 Å². The van der Waals surface area contributed by atoms with E-state index < -0.39 is 5.97 Å². The van der Waals surface area contributed by atoms with E-state index in [9.17, 15) is 9.59 Å². The fraction of sp³-hybridized carbons (Fsp3) is 0.263. The van der Waals surface area contributed by atoms with E-state index in [1.807, 2.05) is 45.9 Å². The van der Waals surface area contributed by atoms with Crippen molar-refractivity contribution in [2.75, 3.05) is 7.11 Å². The first-order chi connectivity index (χ1) is 10.8. The largest absolute Gasteiger partial charge is 0.478 e. The van der Waals surface area contributed by atoms with E-state index >= 15 is 0 Å². The van der Waals surface area contributed by atoms with Gasteiger partial charge in [0.1, 0.15) is 0 Å². The normalized spacial score (nSPS) is 9.61. The second kappa shape index (κ2) is 8.13. The summed E-state index contributed by atoms with van der Waals surface area (Å²) in [7, 11) is 1.39. The van der Waals surface area contributed by atoms with Crippen molar-refractivity contribution in [2.45, 2.75) is 27.7 Å². The molecule has 1 N–H and O–H groups in total. The fourth-order valence-electron chi connectivity index (χ4n) is 1.86. The van der Waals surface area contributed by atoms with Crippen molar-refractivity contribution in [1.82, 2.24) is 0 Å². The number of hydrogen-bond acceptors (Lipinski definition) is 3. The van der Waals surface area contributed by atoms with Gasteiger partial charge in [0.25, 0.3) is 0 Å². The highest BCUT2D eigenvalue weighted by Gasteiger charge is 2.05. The number of carboxylic acid groups (broad SMARTS) is 1. The Morgan fingerprint density at radius 1 is 0.783 bits per heavy atom. The molecular formula is C19H22O4. The molecule has 0 saturated carbocycles. The maximum atomic E-state index is 11.1. The Morgan fingerprint density at radius 3 is 1.61 bits per heavy atom. The molecule has 0 aliphatic heterocycles.